The van der Waals surface area contributed by atoms with Crippen molar-refractivity contribution < 1.29 is 4.39 Å². The van der Waals surface area contributed by atoms with Gasteiger partial charge in [-0.1, -0.05) is 74.9 Å². The Kier molecular flexibility index (Phi) is 17.1. The number of allylic oxidation sites excluding steroid dienone is 3. The molecule has 2 aromatic rings. The van der Waals surface area contributed by atoms with Crippen LogP contribution in [0.2, 0.25) is 0 Å². The van der Waals surface area contributed by atoms with E-state index in [2.05, 4.69) is 47.7 Å². The van der Waals surface area contributed by atoms with Gasteiger partial charge in [0.25, 0.3) is 0 Å². The third kappa shape index (κ3) is 13.6. The molecule has 2 N–H and O–H groups in total. The SMILES string of the molecule is C1CCCC1.CCC#N.CN.Cc1ccc(CC2=CC=C=CN=C2)c(CCCc2cccc(F)c2)c1. The molecule has 0 bridgehead atoms. The van der Waals surface area contributed by atoms with Crippen LogP contribution in [-0.2, 0) is 19.3 Å². The van der Waals surface area contributed by atoms with Crippen LogP contribution in [0, 0.1) is 24.1 Å². The summed E-state index contributed by atoms with van der Waals surface area (Å²) in [6, 6.07) is 15.5. The van der Waals surface area contributed by atoms with Gasteiger partial charge in [-0.05, 0) is 86.2 Å². The summed E-state index contributed by atoms with van der Waals surface area (Å²) in [6.07, 6.45) is 19.4. The number of aryl methyl sites for hydroxylation is 3. The molecule has 2 aromatic carbocycles. The Bertz CT molecular complexity index is 1040. The second kappa shape index (κ2) is 20.0. The Balaban J connectivity index is 0.000000493. The van der Waals surface area contributed by atoms with E-state index in [1.54, 1.807) is 18.3 Å². The molecule has 3 nitrogen and oxygen atoms in total. The smallest absolute Gasteiger partial charge is 0.123 e. The zero-order valence-electron chi connectivity index (χ0n) is 22.3. The number of nitriles is 1. The van der Waals surface area contributed by atoms with E-state index in [0.29, 0.717) is 6.42 Å². The predicted octanol–water partition coefficient (Wildman–Crippen LogP) is 7.98. The lowest BCUT2D eigenvalue weighted by molar-refractivity contribution is 0.624. The monoisotopic (exact) mass is 487 g/mol. The van der Waals surface area contributed by atoms with Crippen LogP contribution in [0.15, 0.2) is 77.1 Å². The molecule has 0 unspecified atom stereocenters. The summed E-state index contributed by atoms with van der Waals surface area (Å²) in [4.78, 5) is 4.21. The van der Waals surface area contributed by atoms with Gasteiger partial charge in [-0.15, -0.1) is 5.73 Å². The number of nitrogens with two attached hydrogens (primary N) is 1. The van der Waals surface area contributed by atoms with Crippen molar-refractivity contribution in [3.63, 3.8) is 0 Å². The van der Waals surface area contributed by atoms with E-state index in [4.69, 9.17) is 5.26 Å². The lowest BCUT2D eigenvalue weighted by atomic mass is 9.94. The van der Waals surface area contributed by atoms with Crippen LogP contribution in [0.5, 0.6) is 0 Å². The number of nitrogens with zero attached hydrogens (tertiary/aromatic N) is 2. The molecule has 0 radical (unpaired) electrons. The number of hydrogen-bond acceptors (Lipinski definition) is 3. The van der Waals surface area contributed by atoms with Gasteiger partial charge >= 0.3 is 0 Å². The topological polar surface area (TPSA) is 62.2 Å². The predicted molar refractivity (Wildman–Crippen MR) is 152 cm³/mol. The number of aliphatic imine (C=N–C) groups is 1. The molecule has 0 saturated heterocycles. The minimum Gasteiger partial charge on any atom is -0.333 e. The van der Waals surface area contributed by atoms with Gasteiger partial charge in [-0.3, -0.25) is 4.99 Å². The van der Waals surface area contributed by atoms with Gasteiger partial charge in [-0.2, -0.15) is 5.26 Å². The molecule has 1 heterocycles. The Morgan fingerprint density at radius 1 is 1.00 bits per heavy atom. The van der Waals surface area contributed by atoms with Gasteiger partial charge in [0.2, 0.25) is 0 Å². The van der Waals surface area contributed by atoms with Crippen molar-refractivity contribution in [1.82, 2.24) is 0 Å². The minimum atomic E-state index is -0.157. The van der Waals surface area contributed by atoms with E-state index in [1.807, 2.05) is 31.3 Å². The average molecular weight is 488 g/mol. The molecule has 4 heteroatoms. The Morgan fingerprint density at radius 3 is 2.33 bits per heavy atom. The van der Waals surface area contributed by atoms with E-state index in [-0.39, 0.29) is 5.82 Å². The van der Waals surface area contributed by atoms with E-state index in [9.17, 15) is 4.39 Å². The molecular formula is C32H42FN3. The summed E-state index contributed by atoms with van der Waals surface area (Å²) >= 11 is 0. The van der Waals surface area contributed by atoms with E-state index in [0.717, 1.165) is 31.2 Å². The van der Waals surface area contributed by atoms with E-state index < -0.39 is 0 Å². The van der Waals surface area contributed by atoms with Crippen LogP contribution in [0.4, 0.5) is 4.39 Å². The fourth-order valence-electron chi connectivity index (χ4n) is 3.96. The first-order valence-electron chi connectivity index (χ1n) is 13.0. The van der Waals surface area contributed by atoms with Crippen LogP contribution in [-0.4, -0.2) is 13.3 Å². The van der Waals surface area contributed by atoms with Crippen LogP contribution >= 0.6 is 0 Å². The molecule has 2 aliphatic rings. The normalized spacial score (nSPS) is 13.1. The lowest BCUT2D eigenvalue weighted by Gasteiger charge is -2.11. The highest BCUT2D eigenvalue weighted by Crippen LogP contribution is 2.19. The standard InChI is InChI=1S/C23H22FN.C5H10.C3H5N.CH5N/c1-18-11-12-22(15-20-6-2-3-13-25-17-20)21(14-18)9-4-7-19-8-5-10-23(24)16-19;1-2-4-5-3-1;1-2-3-4;1-2/h2,5-6,8,10-14,16-17H,4,7,9,15H2,1H3;1-5H2;2H2,1H3;2H2,1H3. The van der Waals surface area contributed by atoms with Crippen molar-refractivity contribution in [2.24, 2.45) is 10.7 Å². The fraction of sp³-hybridized carbons (Fsp3) is 0.406. The minimum absolute atomic E-state index is 0.157. The molecule has 192 valence electrons. The molecule has 4 rings (SSSR count). The van der Waals surface area contributed by atoms with Gasteiger partial charge in [0.05, 0.1) is 12.3 Å². The zero-order chi connectivity index (χ0) is 26.4. The molecule has 1 saturated carbocycles. The van der Waals surface area contributed by atoms with Crippen molar-refractivity contribution in [3.8, 4) is 6.07 Å². The third-order valence-corrected chi connectivity index (χ3v) is 5.75. The largest absolute Gasteiger partial charge is 0.333 e. The molecule has 1 aliphatic carbocycles. The summed E-state index contributed by atoms with van der Waals surface area (Å²) in [6.45, 7) is 3.94. The zero-order valence-corrected chi connectivity index (χ0v) is 22.3. The van der Waals surface area contributed by atoms with Crippen LogP contribution in [0.1, 0.15) is 74.1 Å². The van der Waals surface area contributed by atoms with Gasteiger partial charge in [0, 0.05) is 12.6 Å². The first-order chi connectivity index (χ1) is 17.6. The van der Waals surface area contributed by atoms with Gasteiger partial charge in [0.1, 0.15) is 5.82 Å². The first kappa shape index (κ1) is 30.8. The summed E-state index contributed by atoms with van der Waals surface area (Å²) in [5.74, 6) is -0.157. The summed E-state index contributed by atoms with van der Waals surface area (Å²) in [7, 11) is 1.50. The van der Waals surface area contributed by atoms with Crippen molar-refractivity contribution >= 4 is 6.21 Å². The number of hydrogen-bond donors (Lipinski definition) is 1. The molecule has 0 atom stereocenters. The number of rotatable bonds is 6. The lowest BCUT2D eigenvalue weighted by Crippen LogP contribution is -2.00. The maximum Gasteiger partial charge on any atom is 0.123 e. The maximum absolute atomic E-state index is 13.3. The van der Waals surface area contributed by atoms with Crippen LogP contribution in [0.25, 0.3) is 0 Å². The number of halogens is 1. The quantitative estimate of drug-likeness (QED) is 0.420. The molecule has 0 amide bonds. The maximum atomic E-state index is 13.3. The fourth-order valence-corrected chi connectivity index (χ4v) is 3.96. The second-order valence-electron chi connectivity index (χ2n) is 8.69. The van der Waals surface area contributed by atoms with Gasteiger partial charge in [-0.25, -0.2) is 4.39 Å². The molecule has 36 heavy (non-hydrogen) atoms. The van der Waals surface area contributed by atoms with Crippen molar-refractivity contribution in [2.75, 3.05) is 7.05 Å². The molecular weight excluding hydrogens is 445 g/mol. The summed E-state index contributed by atoms with van der Waals surface area (Å²) in [5.41, 5.74) is 13.7. The van der Waals surface area contributed by atoms with Crippen LogP contribution in [0.3, 0.4) is 0 Å². The highest BCUT2D eigenvalue weighted by atomic mass is 19.1. The molecule has 1 fully saturated rings. The second-order valence-corrected chi connectivity index (χ2v) is 8.69. The highest BCUT2D eigenvalue weighted by molar-refractivity contribution is 5.80. The summed E-state index contributed by atoms with van der Waals surface area (Å²) < 4.78 is 13.3. The molecule has 0 spiro atoms. The van der Waals surface area contributed by atoms with E-state index in [1.165, 1.54) is 67.5 Å². The summed E-state index contributed by atoms with van der Waals surface area (Å²) in [5, 5.41) is 7.62. The Hall–Kier alpha value is -3.25. The molecule has 1 aliphatic heterocycles. The molecule has 0 aromatic heterocycles. The Morgan fingerprint density at radius 2 is 1.69 bits per heavy atom. The third-order valence-electron chi connectivity index (χ3n) is 5.75. The van der Waals surface area contributed by atoms with Crippen molar-refractivity contribution in [2.45, 2.75) is 78.1 Å². The van der Waals surface area contributed by atoms with Crippen molar-refractivity contribution in [3.05, 3.63) is 100 Å². The number of benzene rings is 2. The van der Waals surface area contributed by atoms with Gasteiger partial charge < -0.3 is 5.73 Å². The van der Waals surface area contributed by atoms with E-state index >= 15 is 0 Å². The van der Waals surface area contributed by atoms with Crippen molar-refractivity contribution in [1.29, 1.82) is 5.26 Å². The Labute approximate surface area is 218 Å². The highest BCUT2D eigenvalue weighted by Gasteiger charge is 2.06. The first-order valence-corrected chi connectivity index (χ1v) is 13.0. The average Bonchev–Trinajstić information content (AvgIpc) is 3.39. The van der Waals surface area contributed by atoms with Gasteiger partial charge in [0.15, 0.2) is 0 Å². The van der Waals surface area contributed by atoms with Crippen LogP contribution < -0.4 is 5.73 Å².